The number of carbonyl (C=O) groups excluding carboxylic acids is 2. The van der Waals surface area contributed by atoms with Crippen molar-refractivity contribution in [3.8, 4) is 0 Å². The minimum absolute atomic E-state index is 0. The van der Waals surface area contributed by atoms with Crippen LogP contribution in [-0.2, 0) is 9.59 Å². The van der Waals surface area contributed by atoms with Crippen molar-refractivity contribution in [1.29, 1.82) is 0 Å². The van der Waals surface area contributed by atoms with Crippen molar-refractivity contribution >= 4 is 29.0 Å². The van der Waals surface area contributed by atoms with Gasteiger partial charge in [0, 0.05) is 0 Å². The Morgan fingerprint density at radius 2 is 1.06 bits per heavy atom. The molecule has 0 aliphatic heterocycles. The molecule has 4 atom stereocenters. The molecule has 0 spiro atoms. The normalized spacial score (nSPS) is 26.3. The van der Waals surface area contributed by atoms with E-state index in [2.05, 4.69) is 50.7 Å². The zero-order valence-electron chi connectivity index (χ0n) is 21.0. The van der Waals surface area contributed by atoms with Gasteiger partial charge in [0.15, 0.2) is 0 Å². The topological polar surface area (TPSA) is 40.6 Å². The van der Waals surface area contributed by atoms with Crippen LogP contribution < -0.4 is 0 Å². The Labute approximate surface area is 187 Å². The number of nitrogens with zero attached hydrogens (tertiary/aromatic N) is 2. The van der Waals surface area contributed by atoms with Gasteiger partial charge in [0.2, 0.25) is 0 Å². The van der Waals surface area contributed by atoms with Crippen LogP contribution in [0.15, 0.2) is 24.6 Å². The van der Waals surface area contributed by atoms with E-state index < -0.39 is 16.1 Å². The number of rotatable bonds is 8. The standard InChI is InChI=1S/2C12H22NOSi.Rf/c2*1-5-15(3,4)12-8-6-7-11(9-12)13(2)10-14;/h2*5,11-12H,1,6-9H2,2-4H3;/q2*-1;. The summed E-state index contributed by atoms with van der Waals surface area (Å²) in [6, 6.07) is 0.820. The Morgan fingerprint density at radius 1 is 0.742 bits per heavy atom. The summed E-state index contributed by atoms with van der Waals surface area (Å²) in [5.41, 5.74) is 5.93. The summed E-state index contributed by atoms with van der Waals surface area (Å²) in [4.78, 5) is 24.7. The van der Waals surface area contributed by atoms with Crippen molar-refractivity contribution < 1.29 is 9.59 Å². The smallest absolute Gasteiger partial charge is 0.0741 e. The van der Waals surface area contributed by atoms with Gasteiger partial charge in [0.25, 0.3) is 0 Å². The van der Waals surface area contributed by atoms with Crippen molar-refractivity contribution in [2.24, 2.45) is 0 Å². The number of amides is 2. The molecule has 0 aromatic rings. The monoisotopic (exact) mass is 715 g/mol. The molecular formula is C24H44N2O2RfSi2-2. The molecule has 4 nitrogen and oxygen atoms in total. The first kappa shape index (κ1) is 28.9. The molecule has 0 saturated heterocycles. The second-order valence-corrected chi connectivity index (χ2v) is 20.2. The Bertz CT molecular complexity index is 536. The fourth-order valence-electron chi connectivity index (χ4n) is 4.87. The third kappa shape index (κ3) is 8.13. The average Bonchev–Trinajstić information content (AvgIpc) is 2.78. The molecule has 0 N–H and O–H groups in total. The van der Waals surface area contributed by atoms with Gasteiger partial charge in [-0.05, 0) is 62.9 Å². The summed E-state index contributed by atoms with van der Waals surface area (Å²) >= 11 is 0. The molecule has 0 bridgehead atoms. The van der Waals surface area contributed by atoms with Crippen LogP contribution in [0.5, 0.6) is 0 Å². The van der Waals surface area contributed by atoms with E-state index in [9.17, 15) is 9.59 Å². The zero-order valence-corrected chi connectivity index (χ0v) is 29.4. The maximum absolute atomic E-state index is 10.6. The van der Waals surface area contributed by atoms with Gasteiger partial charge in [-0.2, -0.15) is 12.8 Å². The molecule has 174 valence electrons. The largest absolute Gasteiger partial charge is 0.520 e. The Balaban J connectivity index is 0.000000562. The molecule has 4 unspecified atom stereocenters. The second kappa shape index (κ2) is 12.6. The predicted molar refractivity (Wildman–Crippen MR) is 134 cm³/mol. The molecule has 2 aliphatic carbocycles. The van der Waals surface area contributed by atoms with E-state index in [4.69, 9.17) is 0 Å². The molecule has 2 saturated carbocycles. The molecule has 31 heavy (non-hydrogen) atoms. The van der Waals surface area contributed by atoms with Gasteiger partial charge in [0.1, 0.15) is 0 Å². The Morgan fingerprint density at radius 3 is 1.32 bits per heavy atom. The van der Waals surface area contributed by atoms with Crippen LogP contribution in [0.2, 0.25) is 37.3 Å². The van der Waals surface area contributed by atoms with Crippen molar-refractivity contribution in [2.75, 3.05) is 14.1 Å². The molecule has 0 heterocycles. The van der Waals surface area contributed by atoms with E-state index in [1.807, 2.05) is 26.9 Å². The predicted octanol–water partition coefficient (Wildman–Crippen LogP) is 5.46. The van der Waals surface area contributed by atoms with Crippen molar-refractivity contribution in [1.82, 2.24) is 9.80 Å². The summed E-state index contributed by atoms with van der Waals surface area (Å²) in [6.45, 7) is 17.4. The first-order valence-electron chi connectivity index (χ1n) is 11.5. The minimum atomic E-state index is -1.27. The fourth-order valence-corrected chi connectivity index (χ4v) is 9.19. The molecule has 2 rings (SSSR count). The SMILES string of the molecule is C=C[Si](C)(C)C1CCCC(N(C)[C-]=O)C1.C=C[Si](C)(C)C1CCCC(N(C)[C-]=O)C1.[Rf]. The summed E-state index contributed by atoms with van der Waals surface area (Å²) < 4.78 is 0. The summed E-state index contributed by atoms with van der Waals surface area (Å²) in [5, 5.41) is 0. The second-order valence-electron chi connectivity index (χ2n) is 10.5. The quantitative estimate of drug-likeness (QED) is 0.190. The average molecular weight is 716 g/mol. The molecule has 0 radical (unpaired) electrons. The minimum Gasteiger partial charge on any atom is -0.520 e. The van der Waals surface area contributed by atoms with Crippen LogP contribution in [0.3, 0.4) is 0 Å². The van der Waals surface area contributed by atoms with Gasteiger partial charge < -0.3 is 19.4 Å². The summed E-state index contributed by atoms with van der Waals surface area (Å²) in [5.74, 6) is 0. The van der Waals surface area contributed by atoms with E-state index in [0.29, 0.717) is 12.1 Å². The molecule has 2 amide bonds. The maximum Gasteiger partial charge on any atom is 0.0741 e. The van der Waals surface area contributed by atoms with Crippen molar-refractivity contribution in [3.63, 3.8) is 0 Å². The third-order valence-electron chi connectivity index (χ3n) is 7.83. The van der Waals surface area contributed by atoms with Crippen molar-refractivity contribution in [2.45, 2.75) is 101 Å². The van der Waals surface area contributed by atoms with E-state index in [-0.39, 0.29) is 0 Å². The van der Waals surface area contributed by atoms with Crippen LogP contribution in [0.25, 0.3) is 0 Å². The van der Waals surface area contributed by atoms with E-state index in [1.165, 1.54) is 25.7 Å². The molecule has 7 heteroatoms. The number of hydrogen-bond acceptors (Lipinski definition) is 2. The van der Waals surface area contributed by atoms with Gasteiger partial charge in [0.05, 0.1) is 16.1 Å². The molecule has 0 aromatic carbocycles. The zero-order chi connectivity index (χ0) is 22.9. The third-order valence-corrected chi connectivity index (χ3v) is 15.2. The van der Waals surface area contributed by atoms with E-state index in [0.717, 1.165) is 36.8 Å². The first-order chi connectivity index (χ1) is 14.0. The molecule has 0 aromatic heterocycles. The Kier molecular flexibility index (Phi) is 11.8. The molecule has 2 aliphatic rings. The van der Waals surface area contributed by atoms with Crippen LogP contribution in [-0.4, -0.2) is 64.9 Å². The Hall–Kier alpha value is -2.15. The van der Waals surface area contributed by atoms with Crippen molar-refractivity contribution in [3.05, 3.63) is 24.6 Å². The van der Waals surface area contributed by atoms with Gasteiger partial charge in [-0.15, -0.1) is 24.6 Å². The van der Waals surface area contributed by atoms with Crippen LogP contribution in [0, 0.1) is 0 Å². The first-order valence-corrected chi connectivity index (χ1v) is 17.8. The molecular weight excluding hydrogens is 671 g/mol. The van der Waals surface area contributed by atoms with Crippen LogP contribution >= 0.6 is 0 Å². The van der Waals surface area contributed by atoms with Gasteiger partial charge in [-0.1, -0.05) is 51.9 Å². The van der Waals surface area contributed by atoms with Crippen LogP contribution in [0.1, 0.15) is 51.4 Å². The van der Waals surface area contributed by atoms with Crippen LogP contribution in [0.4, 0.5) is 0 Å². The molecule has 2 fully saturated rings. The van der Waals surface area contributed by atoms with E-state index in [1.54, 1.807) is 9.80 Å². The van der Waals surface area contributed by atoms with Gasteiger partial charge >= 0.3 is 0 Å². The van der Waals surface area contributed by atoms with E-state index >= 15 is 0 Å². The van der Waals surface area contributed by atoms with Gasteiger partial charge in [-0.25, -0.2) is 0 Å². The fraction of sp³-hybridized carbons (Fsp3) is 0.750. The summed E-state index contributed by atoms with van der Waals surface area (Å²) in [7, 11) is 1.16. The number of hydrogen-bond donors (Lipinski definition) is 0. The maximum atomic E-state index is 10.6. The summed E-state index contributed by atoms with van der Waals surface area (Å²) in [6.07, 6.45) is 13.7. The van der Waals surface area contributed by atoms with Gasteiger partial charge in [-0.3, -0.25) is 0 Å².